The summed E-state index contributed by atoms with van der Waals surface area (Å²) >= 11 is 19.3. The lowest BCUT2D eigenvalue weighted by Crippen LogP contribution is -2.08. The molecule has 2 aromatic rings. The molecule has 106 valence electrons. The quantitative estimate of drug-likeness (QED) is 0.545. The second kappa shape index (κ2) is 6.69. The maximum atomic E-state index is 6.25. The number of anilines is 1. The number of aryl methyl sites for hydroxylation is 1. The van der Waals surface area contributed by atoms with E-state index in [4.69, 9.17) is 23.2 Å². The zero-order chi connectivity index (χ0) is 14.9. The highest BCUT2D eigenvalue weighted by Gasteiger charge is 2.13. The Morgan fingerprint density at radius 2 is 1.65 bits per heavy atom. The van der Waals surface area contributed by atoms with Crippen LogP contribution in [0.15, 0.2) is 39.3 Å². The van der Waals surface area contributed by atoms with E-state index in [2.05, 4.69) is 63.2 Å². The molecule has 0 saturated carbocycles. The van der Waals surface area contributed by atoms with Crippen LogP contribution in [0.4, 0.5) is 5.69 Å². The van der Waals surface area contributed by atoms with Crippen LogP contribution in [0.1, 0.15) is 24.1 Å². The summed E-state index contributed by atoms with van der Waals surface area (Å²) < 4.78 is 2.03. The van der Waals surface area contributed by atoms with Crippen molar-refractivity contribution in [3.05, 3.63) is 60.4 Å². The number of hydrogen-bond donors (Lipinski definition) is 1. The lowest BCUT2D eigenvalue weighted by Gasteiger charge is -2.20. The van der Waals surface area contributed by atoms with E-state index in [0.29, 0.717) is 10.0 Å². The molecule has 0 aliphatic heterocycles. The van der Waals surface area contributed by atoms with Gasteiger partial charge < -0.3 is 5.32 Å². The van der Waals surface area contributed by atoms with Gasteiger partial charge in [0.2, 0.25) is 0 Å². The second-order valence-corrected chi connectivity index (χ2v) is 7.19. The van der Waals surface area contributed by atoms with Crippen molar-refractivity contribution in [1.82, 2.24) is 0 Å². The van der Waals surface area contributed by atoms with Gasteiger partial charge in [0.1, 0.15) is 0 Å². The van der Waals surface area contributed by atoms with Crippen LogP contribution in [0.25, 0.3) is 0 Å². The lowest BCUT2D eigenvalue weighted by molar-refractivity contribution is 0.882. The van der Waals surface area contributed by atoms with Crippen molar-refractivity contribution in [2.24, 2.45) is 0 Å². The third kappa shape index (κ3) is 3.70. The van der Waals surface area contributed by atoms with E-state index in [-0.39, 0.29) is 6.04 Å². The van der Waals surface area contributed by atoms with E-state index < -0.39 is 0 Å². The van der Waals surface area contributed by atoms with Crippen molar-refractivity contribution in [3.63, 3.8) is 0 Å². The molecule has 1 atom stereocenters. The lowest BCUT2D eigenvalue weighted by atomic mass is 10.1. The smallest absolute Gasteiger partial charge is 0.0633 e. The van der Waals surface area contributed by atoms with Crippen molar-refractivity contribution < 1.29 is 0 Å². The van der Waals surface area contributed by atoms with Gasteiger partial charge in [0.05, 0.1) is 11.7 Å². The number of halogens is 4. The molecule has 2 aromatic carbocycles. The molecule has 0 fully saturated rings. The number of rotatable bonds is 3. The van der Waals surface area contributed by atoms with Gasteiger partial charge in [-0.3, -0.25) is 0 Å². The fourth-order valence-electron chi connectivity index (χ4n) is 1.98. The molecular formula is C15H13Br2Cl2N. The van der Waals surface area contributed by atoms with Crippen molar-refractivity contribution >= 4 is 60.7 Å². The number of nitrogens with one attached hydrogen (secondary N) is 1. The van der Waals surface area contributed by atoms with Crippen LogP contribution >= 0.6 is 55.1 Å². The highest BCUT2D eigenvalue weighted by molar-refractivity contribution is 9.11. The van der Waals surface area contributed by atoms with Gasteiger partial charge in [0.25, 0.3) is 0 Å². The fraction of sp³-hybridized carbons (Fsp3) is 0.200. The molecule has 5 heteroatoms. The van der Waals surface area contributed by atoms with Gasteiger partial charge in [-0.25, -0.2) is 0 Å². The first-order chi connectivity index (χ1) is 9.38. The van der Waals surface area contributed by atoms with Crippen molar-refractivity contribution in [1.29, 1.82) is 0 Å². The molecule has 0 heterocycles. The fourth-order valence-corrected chi connectivity index (χ4v) is 4.20. The van der Waals surface area contributed by atoms with E-state index in [1.807, 2.05) is 12.1 Å². The largest absolute Gasteiger partial charge is 0.377 e. The minimum atomic E-state index is 0.0649. The summed E-state index contributed by atoms with van der Waals surface area (Å²) in [5.74, 6) is 0. The van der Waals surface area contributed by atoms with E-state index in [1.54, 1.807) is 6.07 Å². The van der Waals surface area contributed by atoms with E-state index in [9.17, 15) is 0 Å². The maximum absolute atomic E-state index is 6.25. The summed E-state index contributed by atoms with van der Waals surface area (Å²) in [5.41, 5.74) is 3.20. The van der Waals surface area contributed by atoms with Crippen molar-refractivity contribution in [2.45, 2.75) is 19.9 Å². The van der Waals surface area contributed by atoms with Gasteiger partial charge in [-0.1, -0.05) is 29.3 Å². The Bertz CT molecular complexity index is 621. The number of benzene rings is 2. The molecule has 0 aliphatic rings. The predicted molar refractivity (Wildman–Crippen MR) is 95.1 cm³/mol. The van der Waals surface area contributed by atoms with E-state index >= 15 is 0 Å². The molecule has 0 spiro atoms. The molecule has 1 unspecified atom stereocenters. The van der Waals surface area contributed by atoms with Crippen molar-refractivity contribution in [2.75, 3.05) is 5.32 Å². The first kappa shape index (κ1) is 16.2. The van der Waals surface area contributed by atoms with Gasteiger partial charge >= 0.3 is 0 Å². The summed E-state index contributed by atoms with van der Waals surface area (Å²) in [6.07, 6.45) is 0. The molecule has 0 bridgehead atoms. The van der Waals surface area contributed by atoms with Crippen LogP contribution in [0.2, 0.25) is 10.0 Å². The second-order valence-electron chi connectivity index (χ2n) is 4.64. The summed E-state index contributed by atoms with van der Waals surface area (Å²) in [6.45, 7) is 4.12. The molecule has 0 saturated heterocycles. The van der Waals surface area contributed by atoms with E-state index in [0.717, 1.165) is 20.2 Å². The van der Waals surface area contributed by atoms with Gasteiger partial charge in [0, 0.05) is 19.0 Å². The summed E-state index contributed by atoms with van der Waals surface area (Å²) in [7, 11) is 0. The highest BCUT2D eigenvalue weighted by Crippen LogP contribution is 2.36. The van der Waals surface area contributed by atoms with Gasteiger partial charge in [-0.05, 0) is 81.1 Å². The molecule has 1 nitrogen and oxygen atoms in total. The molecular weight excluding hydrogens is 425 g/mol. The van der Waals surface area contributed by atoms with E-state index in [1.165, 1.54) is 5.56 Å². The standard InChI is InChI=1S/C15H13Br2Cl2N/c1-8-5-12(16)15(13(17)6-8)20-9(2)11-4-3-10(18)7-14(11)19/h3-7,9,20H,1-2H3. The van der Waals surface area contributed by atoms with Crippen molar-refractivity contribution in [3.8, 4) is 0 Å². The summed E-state index contributed by atoms with van der Waals surface area (Å²) in [6, 6.07) is 9.76. The molecule has 0 aromatic heterocycles. The first-order valence-electron chi connectivity index (χ1n) is 6.05. The first-order valence-corrected chi connectivity index (χ1v) is 8.40. The maximum Gasteiger partial charge on any atom is 0.0633 e. The average molecular weight is 438 g/mol. The Balaban J connectivity index is 2.30. The Kier molecular flexibility index (Phi) is 5.41. The molecule has 20 heavy (non-hydrogen) atoms. The van der Waals surface area contributed by atoms with Crippen LogP contribution in [-0.2, 0) is 0 Å². The molecule has 2 rings (SSSR count). The third-order valence-electron chi connectivity index (χ3n) is 2.98. The highest BCUT2D eigenvalue weighted by atomic mass is 79.9. The molecule has 0 amide bonds. The number of hydrogen-bond acceptors (Lipinski definition) is 1. The summed E-state index contributed by atoms with van der Waals surface area (Å²) in [4.78, 5) is 0. The summed E-state index contributed by atoms with van der Waals surface area (Å²) in [5, 5.41) is 4.77. The normalized spacial score (nSPS) is 12.3. The Morgan fingerprint density at radius 3 is 2.20 bits per heavy atom. The SMILES string of the molecule is Cc1cc(Br)c(NC(C)c2ccc(Cl)cc2Cl)c(Br)c1. The molecule has 0 aliphatic carbocycles. The minimum Gasteiger partial charge on any atom is -0.377 e. The van der Waals surface area contributed by atoms with Crippen LogP contribution in [0.3, 0.4) is 0 Å². The van der Waals surface area contributed by atoms with Gasteiger partial charge in [-0.2, -0.15) is 0 Å². The van der Waals surface area contributed by atoms with Crippen LogP contribution in [0, 0.1) is 6.92 Å². The Hall–Kier alpha value is -0.220. The zero-order valence-electron chi connectivity index (χ0n) is 11.0. The van der Waals surface area contributed by atoms with Crippen LogP contribution in [-0.4, -0.2) is 0 Å². The topological polar surface area (TPSA) is 12.0 Å². The van der Waals surface area contributed by atoms with Gasteiger partial charge in [-0.15, -0.1) is 0 Å². The van der Waals surface area contributed by atoms with Crippen LogP contribution < -0.4 is 5.32 Å². The Labute approximate surface area is 145 Å². The average Bonchev–Trinajstić information content (AvgIpc) is 2.33. The third-order valence-corrected chi connectivity index (χ3v) is 4.79. The molecule has 0 radical (unpaired) electrons. The molecule has 1 N–H and O–H groups in total. The van der Waals surface area contributed by atoms with Gasteiger partial charge in [0.15, 0.2) is 0 Å². The monoisotopic (exact) mass is 435 g/mol. The van der Waals surface area contributed by atoms with Crippen LogP contribution in [0.5, 0.6) is 0 Å². The predicted octanol–water partition coefficient (Wildman–Crippen LogP) is 7.00. The zero-order valence-corrected chi connectivity index (χ0v) is 15.7. The minimum absolute atomic E-state index is 0.0649. The Morgan fingerprint density at radius 1 is 1.05 bits per heavy atom.